The van der Waals surface area contributed by atoms with E-state index >= 15 is 0 Å². The van der Waals surface area contributed by atoms with Crippen LogP contribution in [0.5, 0.6) is 5.75 Å². The van der Waals surface area contributed by atoms with Crippen LogP contribution in [0, 0.1) is 17.3 Å². The Bertz CT molecular complexity index is 1340. The lowest BCUT2D eigenvalue weighted by molar-refractivity contribution is -0.0340. The molecule has 4 saturated carbocycles. The van der Waals surface area contributed by atoms with E-state index in [0.717, 1.165) is 53.4 Å². The number of H-pyrrole nitrogens is 1. The minimum absolute atomic E-state index is 0.0118. The van der Waals surface area contributed by atoms with Gasteiger partial charge in [0.05, 0.1) is 0 Å². The Kier molecular flexibility index (Phi) is 3.64. The molecule has 2 aromatic heterocycles. The second-order valence-corrected chi connectivity index (χ2v) is 11.8. The van der Waals surface area contributed by atoms with E-state index in [2.05, 4.69) is 29.4 Å². The molecule has 0 amide bonds. The number of thioether (sulfide) groups is 1. The molecule has 5 unspecified atom stereocenters. The van der Waals surface area contributed by atoms with Gasteiger partial charge in [-0.25, -0.2) is 0 Å². The summed E-state index contributed by atoms with van der Waals surface area (Å²) >= 11 is 1.72. The molecule has 166 valence electrons. The van der Waals surface area contributed by atoms with Crippen molar-refractivity contribution < 1.29 is 4.74 Å². The summed E-state index contributed by atoms with van der Waals surface area (Å²) in [6, 6.07) is 8.49. The molecule has 5 atom stereocenters. The van der Waals surface area contributed by atoms with Gasteiger partial charge >= 0.3 is 0 Å². The fraction of sp³-hybridized carbons (Fsp3) is 0.500. The van der Waals surface area contributed by atoms with Crippen molar-refractivity contribution >= 4 is 22.7 Å². The second kappa shape index (κ2) is 6.03. The van der Waals surface area contributed by atoms with Crippen LogP contribution in [0.4, 0.5) is 0 Å². The lowest BCUT2D eigenvalue weighted by atomic mass is 9.51. The molecule has 5 nitrogen and oxygen atoms in total. The maximum absolute atomic E-state index is 12.6. The van der Waals surface area contributed by atoms with Crippen LogP contribution in [0.25, 0.3) is 22.0 Å². The smallest absolute Gasteiger partial charge is 0.274 e. The first-order valence-corrected chi connectivity index (χ1v) is 12.9. The third-order valence-corrected chi connectivity index (χ3v) is 10.0. The molecule has 0 radical (unpaired) electrons. The zero-order chi connectivity index (χ0) is 21.9. The number of fused-ring (bicyclic) bond motifs is 3. The van der Waals surface area contributed by atoms with Crippen molar-refractivity contribution in [3.05, 3.63) is 47.0 Å². The molecule has 0 aliphatic heterocycles. The number of benzene rings is 1. The van der Waals surface area contributed by atoms with Gasteiger partial charge in [-0.3, -0.25) is 4.79 Å². The number of ether oxygens (including phenoxy) is 1. The second-order valence-electron chi connectivity index (χ2n) is 10.9. The molecule has 1 aromatic carbocycles. The van der Waals surface area contributed by atoms with Crippen molar-refractivity contribution in [2.75, 3.05) is 6.26 Å². The normalized spacial score (nSPS) is 36.5. The van der Waals surface area contributed by atoms with Gasteiger partial charge in [0.15, 0.2) is 0 Å². The number of nitrogens with two attached hydrogens (primary N) is 1. The number of aromatic amines is 1. The summed E-state index contributed by atoms with van der Waals surface area (Å²) in [6.45, 7) is 0. The third-order valence-electron chi connectivity index (χ3n) is 9.29. The highest BCUT2D eigenvalue weighted by atomic mass is 32.2. The molecule has 3 aromatic rings. The van der Waals surface area contributed by atoms with Crippen LogP contribution in [-0.4, -0.2) is 26.9 Å². The van der Waals surface area contributed by atoms with Gasteiger partial charge in [0.25, 0.3) is 5.56 Å². The summed E-state index contributed by atoms with van der Waals surface area (Å²) in [6.07, 6.45) is 12.9. The number of hydrogen-bond donors (Lipinski definition) is 2. The number of nitrogens with zero attached hydrogens (tertiary/aromatic N) is 1. The van der Waals surface area contributed by atoms with Crippen LogP contribution >= 0.6 is 11.8 Å². The molecule has 3 bridgehead atoms. The standard InChI is InChI=1S/C26H29N3O2S/c1-29-12-20(18-5-6-28-22(18)23(29)30)19-8-17(32-2)3-4-21(19)31-24-9-15-7-16-11-26(27,14-24)25(16,10-15)13-24/h3-6,8,12,15-16,28H,7,9-11,13-14,27H2,1-2H3. The van der Waals surface area contributed by atoms with E-state index in [0.29, 0.717) is 10.9 Å². The van der Waals surface area contributed by atoms with Crippen LogP contribution in [0.3, 0.4) is 0 Å². The van der Waals surface area contributed by atoms with Crippen molar-refractivity contribution in [3.8, 4) is 16.9 Å². The molecular weight excluding hydrogens is 418 g/mol. The van der Waals surface area contributed by atoms with Crippen LogP contribution in [0.1, 0.15) is 38.5 Å². The summed E-state index contributed by atoms with van der Waals surface area (Å²) in [4.78, 5) is 17.0. The van der Waals surface area contributed by atoms with Crippen molar-refractivity contribution in [2.24, 2.45) is 30.0 Å². The van der Waals surface area contributed by atoms with Crippen molar-refractivity contribution in [3.63, 3.8) is 0 Å². The number of pyridine rings is 1. The fourth-order valence-electron chi connectivity index (χ4n) is 8.24. The maximum atomic E-state index is 12.6. The molecular formula is C26H29N3O2S. The van der Waals surface area contributed by atoms with E-state index in [4.69, 9.17) is 10.5 Å². The number of hydrogen-bond acceptors (Lipinski definition) is 4. The van der Waals surface area contributed by atoms with Crippen LogP contribution in [0.2, 0.25) is 0 Å². The third kappa shape index (κ3) is 2.27. The summed E-state index contributed by atoms with van der Waals surface area (Å²) in [5.74, 6) is 2.49. The van der Waals surface area contributed by atoms with E-state index in [1.807, 2.05) is 25.5 Å². The van der Waals surface area contributed by atoms with Crippen LogP contribution in [0.15, 0.2) is 46.3 Å². The van der Waals surface area contributed by atoms with Gasteiger partial charge < -0.3 is 20.0 Å². The molecule has 32 heavy (non-hydrogen) atoms. The number of nitrogens with one attached hydrogen (secondary N) is 1. The summed E-state index contributed by atoms with van der Waals surface area (Å²) < 4.78 is 8.73. The first-order valence-electron chi connectivity index (χ1n) is 11.7. The predicted molar refractivity (Wildman–Crippen MR) is 128 cm³/mol. The average Bonchev–Trinajstić information content (AvgIpc) is 3.36. The predicted octanol–water partition coefficient (Wildman–Crippen LogP) is 4.68. The van der Waals surface area contributed by atoms with Gasteiger partial charge in [0.2, 0.25) is 0 Å². The van der Waals surface area contributed by atoms with Gasteiger partial charge in [-0.2, -0.15) is 0 Å². The van der Waals surface area contributed by atoms with Crippen molar-refractivity contribution in [1.82, 2.24) is 9.55 Å². The lowest BCUT2D eigenvalue weighted by Gasteiger charge is -2.56. The molecule has 3 N–H and O–H groups in total. The highest BCUT2D eigenvalue weighted by Gasteiger charge is 2.77. The first kappa shape index (κ1) is 19.3. The highest BCUT2D eigenvalue weighted by molar-refractivity contribution is 7.98. The van der Waals surface area contributed by atoms with Gasteiger partial charge in [0, 0.05) is 52.8 Å². The topological polar surface area (TPSA) is 73.0 Å². The lowest BCUT2D eigenvalue weighted by Crippen LogP contribution is -2.63. The minimum Gasteiger partial charge on any atom is -0.487 e. The number of aromatic nitrogens is 2. The Morgan fingerprint density at radius 1 is 1.19 bits per heavy atom. The number of rotatable bonds is 4. The Hall–Kier alpha value is -2.18. The molecule has 0 saturated heterocycles. The maximum Gasteiger partial charge on any atom is 0.274 e. The van der Waals surface area contributed by atoms with Crippen molar-refractivity contribution in [1.29, 1.82) is 0 Å². The van der Waals surface area contributed by atoms with E-state index < -0.39 is 0 Å². The average molecular weight is 448 g/mol. The Morgan fingerprint density at radius 3 is 2.91 bits per heavy atom. The van der Waals surface area contributed by atoms with Gasteiger partial charge in [-0.1, -0.05) is 0 Å². The Morgan fingerprint density at radius 2 is 2.06 bits per heavy atom. The van der Waals surface area contributed by atoms with E-state index in [1.54, 1.807) is 16.3 Å². The summed E-state index contributed by atoms with van der Waals surface area (Å²) in [7, 11) is 1.81. The Balaban J connectivity index is 1.37. The Labute approximate surface area is 191 Å². The van der Waals surface area contributed by atoms with E-state index in [1.165, 1.54) is 24.2 Å². The SMILES string of the molecule is CSc1ccc(OC23CC4CC5CC(N)(C2)C5(C4)C3)c(-c2cn(C)c(=O)c3[nH]ccc23)c1. The monoisotopic (exact) mass is 447 g/mol. The van der Waals surface area contributed by atoms with E-state index in [9.17, 15) is 4.79 Å². The molecule has 7 rings (SSSR count). The van der Waals surface area contributed by atoms with Crippen LogP contribution < -0.4 is 16.0 Å². The first-order chi connectivity index (χ1) is 15.4. The van der Waals surface area contributed by atoms with E-state index in [-0.39, 0.29) is 16.7 Å². The quantitative estimate of drug-likeness (QED) is 0.570. The van der Waals surface area contributed by atoms with Gasteiger partial charge in [0.1, 0.15) is 16.9 Å². The largest absolute Gasteiger partial charge is 0.487 e. The molecule has 1 spiro atoms. The van der Waals surface area contributed by atoms with Gasteiger partial charge in [-0.05, 0) is 79.9 Å². The zero-order valence-corrected chi connectivity index (χ0v) is 19.4. The fourth-order valence-corrected chi connectivity index (χ4v) is 8.68. The highest BCUT2D eigenvalue weighted by Crippen LogP contribution is 2.77. The molecule has 4 aliphatic rings. The van der Waals surface area contributed by atoms with Crippen LogP contribution in [-0.2, 0) is 7.05 Å². The molecule has 6 heteroatoms. The summed E-state index contributed by atoms with van der Waals surface area (Å²) in [5.41, 5.74) is 9.85. The summed E-state index contributed by atoms with van der Waals surface area (Å²) in [5, 5.41) is 0.942. The molecule has 4 fully saturated rings. The number of aryl methyl sites for hydroxylation is 1. The van der Waals surface area contributed by atoms with Crippen molar-refractivity contribution in [2.45, 2.75) is 54.6 Å². The zero-order valence-electron chi connectivity index (χ0n) is 18.6. The van der Waals surface area contributed by atoms with Gasteiger partial charge in [-0.15, -0.1) is 11.8 Å². The minimum atomic E-state index is -0.156. The molecule has 2 heterocycles. The molecule has 4 aliphatic carbocycles.